The fourth-order valence-electron chi connectivity index (χ4n) is 3.50. The Morgan fingerprint density at radius 3 is 3.05 bits per heavy atom. The van der Waals surface area contributed by atoms with Crippen LogP contribution in [0.15, 0.2) is 12.5 Å². The number of aromatic amines is 1. The number of nitrogens with one attached hydrogen (secondary N) is 2. The predicted octanol–water partition coefficient (Wildman–Crippen LogP) is 1.29. The third kappa shape index (κ3) is 2.81. The van der Waals surface area contributed by atoms with Crippen molar-refractivity contribution >= 4 is 6.41 Å². The van der Waals surface area contributed by atoms with Crippen LogP contribution >= 0.6 is 0 Å². The molecule has 5 nitrogen and oxygen atoms in total. The molecule has 2 N–H and O–H groups in total. The third-order valence-corrected chi connectivity index (χ3v) is 4.56. The van der Waals surface area contributed by atoms with E-state index in [1.54, 1.807) is 6.33 Å². The summed E-state index contributed by atoms with van der Waals surface area (Å²) < 4.78 is 0. The molecule has 2 fully saturated rings. The largest absolute Gasteiger partial charge is 0.351 e. The van der Waals surface area contributed by atoms with E-state index in [9.17, 15) is 4.79 Å². The van der Waals surface area contributed by atoms with E-state index in [0.717, 1.165) is 37.4 Å². The first-order valence-corrected chi connectivity index (χ1v) is 7.31. The fraction of sp³-hybridized carbons (Fsp3) is 0.714. The Hall–Kier alpha value is -1.36. The van der Waals surface area contributed by atoms with E-state index < -0.39 is 0 Å². The SMILES string of the molecule is O=CN(CCc1c[nH]cn1)C1CC2CCCC[C@@H]2N1. The van der Waals surface area contributed by atoms with Crippen molar-refractivity contribution in [1.29, 1.82) is 0 Å². The highest BCUT2D eigenvalue weighted by Gasteiger charge is 2.37. The lowest BCUT2D eigenvalue weighted by Crippen LogP contribution is -2.44. The quantitative estimate of drug-likeness (QED) is 0.786. The predicted molar refractivity (Wildman–Crippen MR) is 72.3 cm³/mol. The second kappa shape index (κ2) is 5.74. The van der Waals surface area contributed by atoms with Crippen LogP contribution in [0.4, 0.5) is 0 Å². The van der Waals surface area contributed by atoms with E-state index in [2.05, 4.69) is 15.3 Å². The second-order valence-electron chi connectivity index (χ2n) is 5.72. The van der Waals surface area contributed by atoms with Gasteiger partial charge in [-0.1, -0.05) is 12.8 Å². The van der Waals surface area contributed by atoms with E-state index in [4.69, 9.17) is 0 Å². The van der Waals surface area contributed by atoms with Gasteiger partial charge in [0.1, 0.15) is 0 Å². The molecule has 104 valence electrons. The van der Waals surface area contributed by atoms with Gasteiger partial charge in [-0.2, -0.15) is 0 Å². The van der Waals surface area contributed by atoms with Gasteiger partial charge in [0.15, 0.2) is 0 Å². The molecule has 5 heteroatoms. The van der Waals surface area contributed by atoms with Crippen LogP contribution in [0.2, 0.25) is 0 Å². The molecule has 0 radical (unpaired) electrons. The summed E-state index contributed by atoms with van der Waals surface area (Å²) in [6.07, 6.45) is 12.0. The normalized spacial score (nSPS) is 30.0. The number of amides is 1. The van der Waals surface area contributed by atoms with Gasteiger partial charge in [-0.15, -0.1) is 0 Å². The summed E-state index contributed by atoms with van der Waals surface area (Å²) in [7, 11) is 0. The van der Waals surface area contributed by atoms with Gasteiger partial charge in [0.2, 0.25) is 6.41 Å². The van der Waals surface area contributed by atoms with Gasteiger partial charge in [0.05, 0.1) is 18.2 Å². The van der Waals surface area contributed by atoms with Crippen molar-refractivity contribution in [3.8, 4) is 0 Å². The molecule has 2 unspecified atom stereocenters. The van der Waals surface area contributed by atoms with Crippen molar-refractivity contribution in [3.63, 3.8) is 0 Å². The van der Waals surface area contributed by atoms with Crippen molar-refractivity contribution in [2.45, 2.75) is 50.7 Å². The van der Waals surface area contributed by atoms with E-state index >= 15 is 0 Å². The molecule has 1 aliphatic carbocycles. The Labute approximate surface area is 113 Å². The van der Waals surface area contributed by atoms with Gasteiger partial charge < -0.3 is 9.88 Å². The number of hydrogen-bond donors (Lipinski definition) is 2. The van der Waals surface area contributed by atoms with Crippen LogP contribution in [-0.2, 0) is 11.2 Å². The maximum absolute atomic E-state index is 11.3. The van der Waals surface area contributed by atoms with Crippen molar-refractivity contribution in [2.75, 3.05) is 6.54 Å². The average Bonchev–Trinajstić information content (AvgIpc) is 3.08. The van der Waals surface area contributed by atoms with Gasteiger partial charge in [-0.05, 0) is 25.2 Å². The van der Waals surface area contributed by atoms with Crippen LogP contribution in [0.3, 0.4) is 0 Å². The Balaban J connectivity index is 1.55. The summed E-state index contributed by atoms with van der Waals surface area (Å²) in [5.74, 6) is 0.770. The molecule has 1 saturated carbocycles. The number of H-pyrrole nitrogens is 1. The Kier molecular flexibility index (Phi) is 3.82. The van der Waals surface area contributed by atoms with E-state index in [1.807, 2.05) is 11.1 Å². The van der Waals surface area contributed by atoms with Crippen LogP contribution in [-0.4, -0.2) is 40.0 Å². The standard InChI is InChI=1S/C14H22N4O/c19-10-18(6-5-12-8-15-9-16-12)14-7-11-3-1-2-4-13(11)17-14/h8-11,13-14,17H,1-7H2,(H,15,16)/t11?,13-,14?/m0/s1. The van der Waals surface area contributed by atoms with E-state index in [-0.39, 0.29) is 6.17 Å². The molecule has 1 aromatic heterocycles. The van der Waals surface area contributed by atoms with Gasteiger partial charge in [-0.25, -0.2) is 4.98 Å². The molecule has 1 saturated heterocycles. The third-order valence-electron chi connectivity index (χ3n) is 4.56. The molecule has 1 aromatic rings. The molecule has 2 heterocycles. The van der Waals surface area contributed by atoms with E-state index in [1.165, 1.54) is 25.7 Å². The molecule has 3 rings (SSSR count). The Bertz CT molecular complexity index is 392. The number of imidazole rings is 1. The van der Waals surface area contributed by atoms with Crippen LogP contribution in [0, 0.1) is 5.92 Å². The number of nitrogens with zero attached hydrogens (tertiary/aromatic N) is 2. The number of fused-ring (bicyclic) bond motifs is 1. The number of hydrogen-bond acceptors (Lipinski definition) is 3. The molecule has 2 aliphatic rings. The van der Waals surface area contributed by atoms with Crippen LogP contribution in [0.25, 0.3) is 0 Å². The molecular weight excluding hydrogens is 240 g/mol. The Morgan fingerprint density at radius 1 is 1.42 bits per heavy atom. The van der Waals surface area contributed by atoms with Crippen molar-refractivity contribution < 1.29 is 4.79 Å². The minimum Gasteiger partial charge on any atom is -0.351 e. The first-order chi connectivity index (χ1) is 9.36. The van der Waals surface area contributed by atoms with Crippen molar-refractivity contribution in [3.05, 3.63) is 18.2 Å². The van der Waals surface area contributed by atoms with Gasteiger partial charge >= 0.3 is 0 Å². The highest BCUT2D eigenvalue weighted by molar-refractivity contribution is 5.47. The molecule has 0 bridgehead atoms. The first-order valence-electron chi connectivity index (χ1n) is 7.31. The highest BCUT2D eigenvalue weighted by Crippen LogP contribution is 2.33. The zero-order valence-electron chi connectivity index (χ0n) is 11.2. The zero-order valence-corrected chi connectivity index (χ0v) is 11.2. The minimum absolute atomic E-state index is 0.226. The van der Waals surface area contributed by atoms with Gasteiger partial charge in [0, 0.05) is 25.2 Å². The minimum atomic E-state index is 0.226. The molecule has 0 spiro atoms. The Morgan fingerprint density at radius 2 is 2.32 bits per heavy atom. The summed E-state index contributed by atoms with van der Waals surface area (Å²) in [6, 6.07) is 0.631. The summed E-state index contributed by atoms with van der Waals surface area (Å²) >= 11 is 0. The molecule has 3 atom stereocenters. The van der Waals surface area contributed by atoms with Gasteiger partial charge in [0.25, 0.3) is 0 Å². The lowest BCUT2D eigenvalue weighted by atomic mass is 9.85. The first kappa shape index (κ1) is 12.7. The summed E-state index contributed by atoms with van der Waals surface area (Å²) in [5, 5.41) is 3.64. The summed E-state index contributed by atoms with van der Waals surface area (Å²) in [6.45, 7) is 0.742. The number of carbonyl (C=O) groups excluding carboxylic acids is 1. The number of rotatable bonds is 5. The lowest BCUT2D eigenvalue weighted by molar-refractivity contribution is -0.120. The molecular formula is C14H22N4O. The topological polar surface area (TPSA) is 61.0 Å². The molecule has 0 aromatic carbocycles. The molecule has 19 heavy (non-hydrogen) atoms. The van der Waals surface area contributed by atoms with Crippen LogP contribution in [0.1, 0.15) is 37.8 Å². The van der Waals surface area contributed by atoms with Crippen molar-refractivity contribution in [2.24, 2.45) is 5.92 Å². The second-order valence-corrected chi connectivity index (χ2v) is 5.72. The maximum atomic E-state index is 11.3. The smallest absolute Gasteiger partial charge is 0.210 e. The monoisotopic (exact) mass is 262 g/mol. The van der Waals surface area contributed by atoms with Crippen LogP contribution in [0.5, 0.6) is 0 Å². The summed E-state index contributed by atoms with van der Waals surface area (Å²) in [5.41, 5.74) is 1.02. The van der Waals surface area contributed by atoms with Gasteiger partial charge in [-0.3, -0.25) is 10.1 Å². The highest BCUT2D eigenvalue weighted by atomic mass is 16.1. The maximum Gasteiger partial charge on any atom is 0.210 e. The fourth-order valence-corrected chi connectivity index (χ4v) is 3.50. The lowest BCUT2D eigenvalue weighted by Gasteiger charge is -2.26. The molecule has 1 aliphatic heterocycles. The van der Waals surface area contributed by atoms with Crippen LogP contribution < -0.4 is 5.32 Å². The van der Waals surface area contributed by atoms with Crippen molar-refractivity contribution in [1.82, 2.24) is 20.2 Å². The van der Waals surface area contributed by atoms with E-state index in [0.29, 0.717) is 6.04 Å². The zero-order chi connectivity index (χ0) is 13.1. The number of aromatic nitrogens is 2. The molecule has 1 amide bonds. The average molecular weight is 262 g/mol. The number of carbonyl (C=O) groups is 1. The summed E-state index contributed by atoms with van der Waals surface area (Å²) in [4.78, 5) is 20.4.